The molecule has 1 rings (SSSR count). The van der Waals surface area contributed by atoms with Crippen LogP contribution < -0.4 is 15.2 Å². The van der Waals surface area contributed by atoms with E-state index in [1.54, 1.807) is 7.05 Å². The van der Waals surface area contributed by atoms with Crippen molar-refractivity contribution in [1.29, 1.82) is 0 Å². The van der Waals surface area contributed by atoms with Gasteiger partial charge < -0.3 is 20.1 Å². The maximum absolute atomic E-state index is 12.4. The van der Waals surface area contributed by atoms with Gasteiger partial charge in [0.25, 0.3) is 5.91 Å². The molecular weight excluding hydrogens is 330 g/mol. The molecular formula is C15H23ClF2N2O3. The Balaban J connectivity index is 0.00000484. The summed E-state index contributed by atoms with van der Waals surface area (Å²) in [6, 6.07) is 4.10. The normalized spacial score (nSPS) is 11.0. The van der Waals surface area contributed by atoms with Crippen molar-refractivity contribution in [1.82, 2.24) is 4.90 Å². The van der Waals surface area contributed by atoms with Gasteiger partial charge in [0.15, 0.2) is 11.5 Å². The lowest BCUT2D eigenvalue weighted by atomic mass is 9.93. The maximum Gasteiger partial charge on any atom is 0.387 e. The highest BCUT2D eigenvalue weighted by Crippen LogP contribution is 2.30. The average molecular weight is 353 g/mol. The number of carbonyl (C=O) groups is 1. The van der Waals surface area contributed by atoms with Crippen LogP contribution in [-0.4, -0.2) is 44.7 Å². The van der Waals surface area contributed by atoms with Gasteiger partial charge in [-0.1, -0.05) is 13.8 Å². The fraction of sp³-hybridized carbons (Fsp3) is 0.533. The highest BCUT2D eigenvalue weighted by atomic mass is 35.5. The molecule has 8 heteroatoms. The molecule has 0 fully saturated rings. The molecule has 1 aromatic rings. The highest BCUT2D eigenvalue weighted by Gasteiger charge is 2.23. The smallest absolute Gasteiger partial charge is 0.387 e. The Morgan fingerprint density at radius 3 is 2.43 bits per heavy atom. The number of methoxy groups -OCH3 is 1. The molecule has 0 aliphatic heterocycles. The molecule has 0 aliphatic carbocycles. The molecule has 0 heterocycles. The van der Waals surface area contributed by atoms with Gasteiger partial charge in [-0.3, -0.25) is 4.79 Å². The summed E-state index contributed by atoms with van der Waals surface area (Å²) >= 11 is 0. The number of rotatable bonds is 7. The molecule has 1 amide bonds. The minimum Gasteiger partial charge on any atom is -0.493 e. The molecule has 2 N–H and O–H groups in total. The molecule has 1 aromatic carbocycles. The van der Waals surface area contributed by atoms with E-state index in [2.05, 4.69) is 4.74 Å². The first-order valence-electron chi connectivity index (χ1n) is 6.78. The van der Waals surface area contributed by atoms with Crippen LogP contribution in [0.25, 0.3) is 0 Å². The van der Waals surface area contributed by atoms with Crippen molar-refractivity contribution in [2.24, 2.45) is 11.1 Å². The minimum absolute atomic E-state index is 0. The maximum atomic E-state index is 12.4. The van der Waals surface area contributed by atoms with Gasteiger partial charge in [0.05, 0.1) is 7.11 Å². The Hall–Kier alpha value is -1.60. The van der Waals surface area contributed by atoms with Crippen molar-refractivity contribution in [2.75, 3.05) is 27.2 Å². The number of amides is 1. The lowest BCUT2D eigenvalue weighted by Gasteiger charge is -2.29. The Bertz CT molecular complexity index is 527. The molecule has 5 nitrogen and oxygen atoms in total. The summed E-state index contributed by atoms with van der Waals surface area (Å²) in [7, 11) is 2.99. The fourth-order valence-electron chi connectivity index (χ4n) is 1.99. The van der Waals surface area contributed by atoms with E-state index in [0.717, 1.165) is 0 Å². The van der Waals surface area contributed by atoms with E-state index < -0.39 is 6.61 Å². The molecule has 132 valence electrons. The van der Waals surface area contributed by atoms with Gasteiger partial charge in [-0.25, -0.2) is 0 Å². The predicted octanol–water partition coefficient (Wildman–Crippen LogP) is 2.78. The summed E-state index contributed by atoms with van der Waals surface area (Å²) in [5.41, 5.74) is 5.77. The summed E-state index contributed by atoms with van der Waals surface area (Å²) < 4.78 is 33.9. The second kappa shape index (κ2) is 8.88. The van der Waals surface area contributed by atoms with Crippen molar-refractivity contribution in [3.8, 4) is 11.5 Å². The summed E-state index contributed by atoms with van der Waals surface area (Å²) in [6.07, 6.45) is 0. The Morgan fingerprint density at radius 1 is 1.35 bits per heavy atom. The van der Waals surface area contributed by atoms with Gasteiger partial charge in [-0.05, 0) is 30.2 Å². The Labute approximate surface area is 141 Å². The third kappa shape index (κ3) is 6.19. The van der Waals surface area contributed by atoms with E-state index in [1.165, 1.54) is 30.2 Å². The zero-order chi connectivity index (χ0) is 16.9. The fourth-order valence-corrected chi connectivity index (χ4v) is 1.99. The number of carbonyl (C=O) groups excluding carboxylic acids is 1. The Kier molecular flexibility index (Phi) is 8.26. The topological polar surface area (TPSA) is 64.8 Å². The van der Waals surface area contributed by atoms with E-state index in [0.29, 0.717) is 18.7 Å². The Morgan fingerprint density at radius 2 is 1.96 bits per heavy atom. The number of hydrogen-bond donors (Lipinski definition) is 1. The van der Waals surface area contributed by atoms with Gasteiger partial charge >= 0.3 is 6.61 Å². The number of nitrogens with zero attached hydrogens (tertiary/aromatic N) is 1. The van der Waals surface area contributed by atoms with Crippen LogP contribution in [-0.2, 0) is 0 Å². The third-order valence-corrected chi connectivity index (χ3v) is 3.19. The standard InChI is InChI=1S/C15H22F2N2O3.ClH/c1-15(2,8-18)9-19(3)13(20)10-5-6-11(22-14(16)17)12(7-10)21-4;/h5-7,14H,8-9,18H2,1-4H3;1H. The quantitative estimate of drug-likeness (QED) is 0.819. The zero-order valence-corrected chi connectivity index (χ0v) is 14.5. The zero-order valence-electron chi connectivity index (χ0n) is 13.6. The first kappa shape index (κ1) is 21.4. The van der Waals surface area contributed by atoms with Crippen molar-refractivity contribution in [3.63, 3.8) is 0 Å². The van der Waals surface area contributed by atoms with Crippen LogP contribution in [0.15, 0.2) is 18.2 Å². The molecule has 0 atom stereocenters. The van der Waals surface area contributed by atoms with Crippen molar-refractivity contribution >= 4 is 18.3 Å². The number of hydrogen-bond acceptors (Lipinski definition) is 4. The van der Waals surface area contributed by atoms with Crippen LogP contribution in [0.5, 0.6) is 11.5 Å². The molecule has 0 unspecified atom stereocenters. The van der Waals surface area contributed by atoms with Crippen molar-refractivity contribution in [3.05, 3.63) is 23.8 Å². The first-order valence-corrected chi connectivity index (χ1v) is 6.78. The van der Waals surface area contributed by atoms with E-state index >= 15 is 0 Å². The summed E-state index contributed by atoms with van der Waals surface area (Å²) in [5, 5.41) is 0. The minimum atomic E-state index is -2.96. The predicted molar refractivity (Wildman–Crippen MR) is 86.7 cm³/mol. The van der Waals surface area contributed by atoms with Crippen LogP contribution in [0.3, 0.4) is 0 Å². The van der Waals surface area contributed by atoms with E-state index in [1.807, 2.05) is 13.8 Å². The highest BCUT2D eigenvalue weighted by molar-refractivity contribution is 5.94. The van der Waals surface area contributed by atoms with E-state index in [-0.39, 0.29) is 35.2 Å². The van der Waals surface area contributed by atoms with Crippen LogP contribution in [0.2, 0.25) is 0 Å². The number of halogens is 3. The van der Waals surface area contributed by atoms with Gasteiger partial charge in [-0.15, -0.1) is 12.4 Å². The number of ether oxygens (including phenoxy) is 2. The average Bonchev–Trinajstić information content (AvgIpc) is 2.45. The molecule has 0 saturated heterocycles. The second-order valence-electron chi connectivity index (χ2n) is 5.77. The molecule has 0 bridgehead atoms. The molecule has 23 heavy (non-hydrogen) atoms. The lowest BCUT2D eigenvalue weighted by molar-refractivity contribution is -0.0512. The summed E-state index contributed by atoms with van der Waals surface area (Å²) in [4.78, 5) is 13.9. The van der Waals surface area contributed by atoms with E-state index in [4.69, 9.17) is 10.5 Å². The number of nitrogens with two attached hydrogens (primary N) is 1. The molecule has 0 aliphatic rings. The SMILES string of the molecule is COc1cc(C(=O)N(C)CC(C)(C)CN)ccc1OC(F)F.Cl. The van der Waals surface area contributed by atoms with Gasteiger partial charge in [0, 0.05) is 19.2 Å². The van der Waals surface area contributed by atoms with Crippen LogP contribution in [0.4, 0.5) is 8.78 Å². The molecule has 0 aromatic heterocycles. The number of benzene rings is 1. The molecule has 0 spiro atoms. The van der Waals surface area contributed by atoms with Crippen LogP contribution >= 0.6 is 12.4 Å². The first-order chi connectivity index (χ1) is 10.2. The lowest BCUT2D eigenvalue weighted by Crippen LogP contribution is -2.39. The molecule has 0 saturated carbocycles. The van der Waals surface area contributed by atoms with Gasteiger partial charge in [0.2, 0.25) is 0 Å². The van der Waals surface area contributed by atoms with Crippen LogP contribution in [0.1, 0.15) is 24.2 Å². The van der Waals surface area contributed by atoms with E-state index in [9.17, 15) is 13.6 Å². The van der Waals surface area contributed by atoms with Gasteiger partial charge in [-0.2, -0.15) is 8.78 Å². The largest absolute Gasteiger partial charge is 0.493 e. The van der Waals surface area contributed by atoms with Crippen molar-refractivity contribution < 1.29 is 23.0 Å². The monoisotopic (exact) mass is 352 g/mol. The third-order valence-electron chi connectivity index (χ3n) is 3.19. The van der Waals surface area contributed by atoms with Gasteiger partial charge in [0.1, 0.15) is 0 Å². The summed E-state index contributed by atoms with van der Waals surface area (Å²) in [6.45, 7) is 1.87. The van der Waals surface area contributed by atoms with Crippen molar-refractivity contribution in [2.45, 2.75) is 20.5 Å². The van der Waals surface area contributed by atoms with Crippen LogP contribution in [0, 0.1) is 5.41 Å². The molecule has 0 radical (unpaired) electrons. The number of alkyl halides is 2. The second-order valence-corrected chi connectivity index (χ2v) is 5.77. The summed E-state index contributed by atoms with van der Waals surface area (Å²) in [5.74, 6) is -0.278.